The molecule has 0 heterocycles. The summed E-state index contributed by atoms with van der Waals surface area (Å²) >= 11 is 0. The minimum Gasteiger partial charge on any atom is -0.392 e. The SMILES string of the molecule is CC(=O)C[C@@H](O)C12CC3CC(CC(C3)C1)C2. The van der Waals surface area contributed by atoms with Crippen molar-refractivity contribution < 1.29 is 9.90 Å². The van der Waals surface area contributed by atoms with Crippen LogP contribution in [0.25, 0.3) is 0 Å². The molecule has 4 aliphatic carbocycles. The van der Waals surface area contributed by atoms with Crippen molar-refractivity contribution in [3.05, 3.63) is 0 Å². The number of aliphatic hydroxyl groups is 1. The lowest BCUT2D eigenvalue weighted by atomic mass is 9.48. The van der Waals surface area contributed by atoms with Crippen molar-refractivity contribution in [3.63, 3.8) is 0 Å². The lowest BCUT2D eigenvalue weighted by Gasteiger charge is -2.58. The van der Waals surface area contributed by atoms with Gasteiger partial charge in [0, 0.05) is 6.42 Å². The summed E-state index contributed by atoms with van der Waals surface area (Å²) in [6.45, 7) is 1.60. The summed E-state index contributed by atoms with van der Waals surface area (Å²) in [6.07, 6.45) is 7.77. The highest BCUT2D eigenvalue weighted by atomic mass is 16.3. The predicted octanol–water partition coefficient (Wildman–Crippen LogP) is 2.54. The topological polar surface area (TPSA) is 37.3 Å². The van der Waals surface area contributed by atoms with Crippen molar-refractivity contribution in [1.29, 1.82) is 0 Å². The first-order valence-electron chi connectivity index (χ1n) is 6.75. The summed E-state index contributed by atoms with van der Waals surface area (Å²) in [5.74, 6) is 2.71. The van der Waals surface area contributed by atoms with Gasteiger partial charge in [-0.2, -0.15) is 0 Å². The molecule has 0 aromatic carbocycles. The van der Waals surface area contributed by atoms with Crippen LogP contribution in [0.1, 0.15) is 51.9 Å². The monoisotopic (exact) mass is 222 g/mol. The van der Waals surface area contributed by atoms with Gasteiger partial charge in [-0.25, -0.2) is 0 Å². The largest absolute Gasteiger partial charge is 0.392 e. The Kier molecular flexibility index (Phi) is 2.39. The molecule has 0 aromatic rings. The maximum Gasteiger partial charge on any atom is 0.132 e. The lowest BCUT2D eigenvalue weighted by molar-refractivity contribution is -0.136. The maximum atomic E-state index is 11.2. The van der Waals surface area contributed by atoms with Crippen LogP contribution in [0.3, 0.4) is 0 Å². The quantitative estimate of drug-likeness (QED) is 0.796. The van der Waals surface area contributed by atoms with E-state index in [0.29, 0.717) is 6.42 Å². The van der Waals surface area contributed by atoms with Crippen LogP contribution < -0.4 is 0 Å². The molecule has 0 aliphatic heterocycles. The molecular formula is C14H22O2. The molecule has 0 saturated heterocycles. The van der Waals surface area contributed by atoms with Gasteiger partial charge in [0.15, 0.2) is 0 Å². The van der Waals surface area contributed by atoms with E-state index < -0.39 is 0 Å². The number of ketones is 1. The molecule has 2 heteroatoms. The summed E-state index contributed by atoms with van der Waals surface area (Å²) in [6, 6.07) is 0. The van der Waals surface area contributed by atoms with E-state index in [4.69, 9.17) is 0 Å². The fourth-order valence-electron chi connectivity index (χ4n) is 5.07. The van der Waals surface area contributed by atoms with E-state index in [1.807, 2.05) is 0 Å². The van der Waals surface area contributed by atoms with E-state index in [1.165, 1.54) is 38.5 Å². The first kappa shape index (κ1) is 10.8. The zero-order valence-corrected chi connectivity index (χ0v) is 10.1. The molecule has 4 saturated carbocycles. The molecule has 16 heavy (non-hydrogen) atoms. The van der Waals surface area contributed by atoms with Gasteiger partial charge in [-0.3, -0.25) is 4.79 Å². The van der Waals surface area contributed by atoms with E-state index in [2.05, 4.69) is 0 Å². The van der Waals surface area contributed by atoms with Crippen LogP contribution in [-0.2, 0) is 4.79 Å². The second kappa shape index (κ2) is 3.56. The molecule has 0 spiro atoms. The zero-order valence-electron chi connectivity index (χ0n) is 10.1. The summed E-state index contributed by atoms with van der Waals surface area (Å²) in [4.78, 5) is 11.2. The molecule has 1 N–H and O–H groups in total. The minimum atomic E-state index is -0.363. The van der Waals surface area contributed by atoms with Crippen LogP contribution in [-0.4, -0.2) is 17.0 Å². The van der Waals surface area contributed by atoms with Crippen LogP contribution in [0, 0.1) is 23.2 Å². The number of hydrogen-bond acceptors (Lipinski definition) is 2. The Balaban J connectivity index is 1.80. The van der Waals surface area contributed by atoms with Crippen LogP contribution in [0.4, 0.5) is 0 Å². The predicted molar refractivity (Wildman–Crippen MR) is 61.9 cm³/mol. The third-order valence-corrected chi connectivity index (χ3v) is 5.27. The molecule has 0 amide bonds. The smallest absolute Gasteiger partial charge is 0.132 e. The van der Waals surface area contributed by atoms with Gasteiger partial charge in [-0.1, -0.05) is 0 Å². The molecule has 4 bridgehead atoms. The van der Waals surface area contributed by atoms with Crippen LogP contribution >= 0.6 is 0 Å². The molecule has 90 valence electrons. The number of carbonyl (C=O) groups is 1. The first-order valence-corrected chi connectivity index (χ1v) is 6.75. The Bertz CT molecular complexity index is 273. The molecule has 2 nitrogen and oxygen atoms in total. The average Bonchev–Trinajstić information content (AvgIpc) is 2.13. The summed E-state index contributed by atoms with van der Waals surface area (Å²) in [5.41, 5.74) is 0.125. The van der Waals surface area contributed by atoms with Gasteiger partial charge in [0.2, 0.25) is 0 Å². The van der Waals surface area contributed by atoms with E-state index in [1.54, 1.807) is 6.92 Å². The molecule has 4 rings (SSSR count). The maximum absolute atomic E-state index is 11.2. The third kappa shape index (κ3) is 1.62. The van der Waals surface area contributed by atoms with Crippen molar-refractivity contribution in [2.75, 3.05) is 0 Å². The number of hydrogen-bond donors (Lipinski definition) is 1. The fraction of sp³-hybridized carbons (Fsp3) is 0.929. The highest BCUT2D eigenvalue weighted by Crippen LogP contribution is 2.61. The van der Waals surface area contributed by atoms with Crippen molar-refractivity contribution in [2.45, 2.75) is 58.0 Å². The molecule has 0 aromatic heterocycles. The van der Waals surface area contributed by atoms with Gasteiger partial charge in [0.05, 0.1) is 6.10 Å². The third-order valence-electron chi connectivity index (χ3n) is 5.27. The first-order chi connectivity index (χ1) is 7.57. The Morgan fingerprint density at radius 1 is 1.19 bits per heavy atom. The van der Waals surface area contributed by atoms with Gasteiger partial charge in [0.25, 0.3) is 0 Å². The standard InChI is InChI=1S/C14H22O2/c1-9(15)2-13(16)14-6-10-3-11(7-14)5-12(4-10)8-14/h10-13,16H,2-8H2,1H3/t10?,11?,12?,13-,14?/m1/s1. The lowest BCUT2D eigenvalue weighted by Crippen LogP contribution is -2.52. The molecular weight excluding hydrogens is 200 g/mol. The summed E-state index contributed by atoms with van der Waals surface area (Å²) < 4.78 is 0. The highest BCUT2D eigenvalue weighted by Gasteiger charge is 2.53. The van der Waals surface area contributed by atoms with Gasteiger partial charge in [-0.05, 0) is 68.6 Å². The molecule has 4 aliphatic rings. The van der Waals surface area contributed by atoms with Gasteiger partial charge < -0.3 is 5.11 Å². The number of rotatable bonds is 3. The van der Waals surface area contributed by atoms with Crippen molar-refractivity contribution in [3.8, 4) is 0 Å². The van der Waals surface area contributed by atoms with E-state index >= 15 is 0 Å². The molecule has 1 atom stereocenters. The average molecular weight is 222 g/mol. The van der Waals surface area contributed by atoms with E-state index in [-0.39, 0.29) is 17.3 Å². The number of carbonyl (C=O) groups excluding carboxylic acids is 1. The molecule has 0 unspecified atom stereocenters. The molecule has 0 radical (unpaired) electrons. The zero-order chi connectivity index (χ0) is 11.3. The normalized spacial score (nSPS) is 47.0. The van der Waals surface area contributed by atoms with Gasteiger partial charge in [-0.15, -0.1) is 0 Å². The van der Waals surface area contributed by atoms with Gasteiger partial charge >= 0.3 is 0 Å². The van der Waals surface area contributed by atoms with Crippen molar-refractivity contribution in [2.24, 2.45) is 23.2 Å². The Morgan fingerprint density at radius 3 is 2.00 bits per heavy atom. The Hall–Kier alpha value is -0.370. The Labute approximate surface area is 97.4 Å². The summed E-state index contributed by atoms with van der Waals surface area (Å²) in [5, 5.41) is 10.4. The van der Waals surface area contributed by atoms with Crippen molar-refractivity contribution >= 4 is 5.78 Å². The Morgan fingerprint density at radius 2 is 1.62 bits per heavy atom. The fourth-order valence-corrected chi connectivity index (χ4v) is 5.07. The van der Waals surface area contributed by atoms with Crippen LogP contribution in [0.5, 0.6) is 0 Å². The highest BCUT2D eigenvalue weighted by molar-refractivity contribution is 5.76. The number of Topliss-reactive ketones (excluding diaryl/α,β-unsaturated/α-hetero) is 1. The van der Waals surface area contributed by atoms with Crippen LogP contribution in [0.2, 0.25) is 0 Å². The van der Waals surface area contributed by atoms with Crippen LogP contribution in [0.15, 0.2) is 0 Å². The second-order valence-electron chi connectivity index (χ2n) is 6.70. The second-order valence-corrected chi connectivity index (χ2v) is 6.70. The molecule has 4 fully saturated rings. The van der Waals surface area contributed by atoms with Gasteiger partial charge in [0.1, 0.15) is 5.78 Å². The summed E-state index contributed by atoms with van der Waals surface area (Å²) in [7, 11) is 0. The minimum absolute atomic E-state index is 0.125. The number of aliphatic hydroxyl groups excluding tert-OH is 1. The van der Waals surface area contributed by atoms with Crippen molar-refractivity contribution in [1.82, 2.24) is 0 Å². The van der Waals surface area contributed by atoms with E-state index in [9.17, 15) is 9.90 Å². The van der Waals surface area contributed by atoms with E-state index in [0.717, 1.165) is 17.8 Å².